The van der Waals surface area contributed by atoms with Gasteiger partial charge < -0.3 is 60.1 Å². The summed E-state index contributed by atoms with van der Waals surface area (Å²) in [5.41, 5.74) is 0.901. The summed E-state index contributed by atoms with van der Waals surface area (Å²) in [6, 6.07) is 0. The van der Waals surface area contributed by atoms with Crippen molar-refractivity contribution in [3.63, 3.8) is 0 Å². The topological polar surface area (TPSA) is 406 Å². The molecular weight excluding hydrogens is 920 g/mol. The molecular formula is C24H36N10O19P4S2. The van der Waals surface area contributed by atoms with Gasteiger partial charge in [-0.15, -0.1) is 0 Å². The van der Waals surface area contributed by atoms with E-state index in [9.17, 15) is 58.3 Å². The maximum atomic E-state index is 12.6. The number of fused-ring (bicyclic) bond motifs is 2. The summed E-state index contributed by atoms with van der Waals surface area (Å²) in [6.07, 6.45) is -7.09. The number of phosphoric acid groups is 4. The van der Waals surface area contributed by atoms with Gasteiger partial charge in [0.15, 0.2) is 56.7 Å². The van der Waals surface area contributed by atoms with E-state index in [0.29, 0.717) is 21.9 Å². The number of aliphatic hydroxyl groups is 4. The number of aromatic nitrogens is 8. The Kier molecular flexibility index (Phi) is 14.0. The molecule has 4 aromatic rings. The first-order valence-electron chi connectivity index (χ1n) is 16.3. The fraction of sp³-hybridized carbons (Fsp3) is 0.583. The van der Waals surface area contributed by atoms with Gasteiger partial charge in [-0.25, -0.2) is 48.2 Å². The minimum Gasteiger partial charge on any atom is -0.387 e. The lowest BCUT2D eigenvalue weighted by Crippen LogP contribution is -2.33. The number of hydrogen-bond donors (Lipinski definition) is 10. The summed E-state index contributed by atoms with van der Waals surface area (Å²) < 4.78 is 84.9. The fourth-order valence-corrected chi connectivity index (χ4v) is 11.4. The Bertz CT molecular complexity index is 2220. The molecule has 0 spiro atoms. The first kappa shape index (κ1) is 46.2. The average molecular weight is 957 g/mol. The minimum absolute atomic E-state index is 0.176. The lowest BCUT2D eigenvalue weighted by atomic mass is 10.1. The number of hydrogen-bond acceptors (Lipinski definition) is 25. The van der Waals surface area contributed by atoms with Crippen LogP contribution in [0.15, 0.2) is 23.0 Å². The minimum atomic E-state index is -6.21. The molecule has 2 saturated heterocycles. The second-order valence-corrected chi connectivity index (χ2v) is 19.8. The van der Waals surface area contributed by atoms with Crippen LogP contribution in [-0.2, 0) is 49.7 Å². The second kappa shape index (κ2) is 17.8. The Morgan fingerprint density at radius 1 is 0.627 bits per heavy atom. The fourth-order valence-electron chi connectivity index (χ4n) is 5.69. The van der Waals surface area contributed by atoms with E-state index >= 15 is 0 Å². The summed E-state index contributed by atoms with van der Waals surface area (Å²) in [4.78, 5) is 65.7. The molecule has 0 bridgehead atoms. The molecule has 0 radical (unpaired) electrons. The molecule has 0 aromatic carbocycles. The maximum Gasteiger partial charge on any atom is 0.490 e. The van der Waals surface area contributed by atoms with Crippen molar-refractivity contribution < 1.29 is 89.7 Å². The Balaban J connectivity index is 1.03. The van der Waals surface area contributed by atoms with Crippen LogP contribution in [0, 0.1) is 0 Å². The van der Waals surface area contributed by atoms with Gasteiger partial charge in [0.1, 0.15) is 36.6 Å². The molecule has 59 heavy (non-hydrogen) atoms. The van der Waals surface area contributed by atoms with Crippen molar-refractivity contribution in [3.05, 3.63) is 12.7 Å². The Labute approximate surface area is 339 Å². The van der Waals surface area contributed by atoms with Crippen LogP contribution in [0.3, 0.4) is 0 Å². The molecule has 4 unspecified atom stereocenters. The quantitative estimate of drug-likeness (QED) is 0.0354. The van der Waals surface area contributed by atoms with Gasteiger partial charge in [0, 0.05) is 14.1 Å². The van der Waals surface area contributed by atoms with Gasteiger partial charge in [0.2, 0.25) is 0 Å². The highest BCUT2D eigenvalue weighted by Gasteiger charge is 2.50. The summed E-state index contributed by atoms with van der Waals surface area (Å²) in [5, 5.41) is 48.9. The zero-order valence-corrected chi connectivity index (χ0v) is 35.6. The number of imidazole rings is 2. The van der Waals surface area contributed by atoms with Crippen molar-refractivity contribution in [3.8, 4) is 0 Å². The van der Waals surface area contributed by atoms with E-state index in [4.69, 9.17) is 9.47 Å². The summed E-state index contributed by atoms with van der Waals surface area (Å²) in [6.45, 7) is -2.19. The Morgan fingerprint density at radius 3 is 1.32 bits per heavy atom. The zero-order chi connectivity index (χ0) is 43.2. The molecule has 0 amide bonds. The number of anilines is 2. The van der Waals surface area contributed by atoms with Gasteiger partial charge in [-0.1, -0.05) is 23.5 Å². The van der Waals surface area contributed by atoms with Crippen molar-refractivity contribution in [2.24, 2.45) is 0 Å². The van der Waals surface area contributed by atoms with Gasteiger partial charge in [-0.2, -0.15) is 12.9 Å². The molecule has 2 aliphatic heterocycles. The number of ether oxygens (including phenoxy) is 2. The highest BCUT2D eigenvalue weighted by atomic mass is 32.2. The first-order chi connectivity index (χ1) is 27.6. The number of nitrogens with one attached hydrogen (secondary N) is 2. The van der Waals surface area contributed by atoms with E-state index < -0.39 is 93.6 Å². The molecule has 12 atom stereocenters. The van der Waals surface area contributed by atoms with Crippen LogP contribution in [0.1, 0.15) is 12.5 Å². The number of phosphoric ester groups is 2. The van der Waals surface area contributed by atoms with Crippen molar-refractivity contribution in [2.75, 3.05) is 50.5 Å². The van der Waals surface area contributed by atoms with E-state index in [1.807, 2.05) is 0 Å². The third-order valence-corrected chi connectivity index (χ3v) is 15.3. The predicted molar refractivity (Wildman–Crippen MR) is 200 cm³/mol. The average Bonchev–Trinajstić information content (AvgIpc) is 3.91. The van der Waals surface area contributed by atoms with Crippen molar-refractivity contribution in [2.45, 2.75) is 59.4 Å². The van der Waals surface area contributed by atoms with Gasteiger partial charge in [0.25, 0.3) is 0 Å². The molecule has 2 fully saturated rings. The molecule has 328 valence electrons. The first-order valence-corrected chi connectivity index (χ1v) is 24.7. The standard InChI is InChI=1S/C24H36N10O19P4S2/c1-25-17-11-19(31-23(29-17)58-3)33(7-27-11)21-15(37)13(35)9(49-21)5-47-54(39,40)51-56(43,44)53-57(45,46)52-55(41,42)48-6-10-14(36)16(38)22(50-10)34-8-28-12-18(26-2)30-24(59-4)32-20(12)34/h7-10,13-16,21-22,35-38H,5-6H2,1-4H3,(H,39,40)(H,41,42)(H,43,44)(H,45,46)(H,25,29,31)(H,26,30,32)/t9-,10-,13-,14-,15-,16-,21-,22-/m1/s1. The summed E-state index contributed by atoms with van der Waals surface area (Å²) >= 11 is 2.39. The molecule has 0 aliphatic carbocycles. The smallest absolute Gasteiger partial charge is 0.387 e. The molecule has 10 N–H and O–H groups in total. The van der Waals surface area contributed by atoms with E-state index in [0.717, 1.165) is 0 Å². The maximum absolute atomic E-state index is 12.6. The Morgan fingerprint density at radius 2 is 0.983 bits per heavy atom. The lowest BCUT2D eigenvalue weighted by Gasteiger charge is -2.21. The molecule has 6 heterocycles. The van der Waals surface area contributed by atoms with Gasteiger partial charge in [-0.3, -0.25) is 18.2 Å². The van der Waals surface area contributed by atoms with E-state index in [-0.39, 0.29) is 22.3 Å². The number of rotatable bonds is 18. The van der Waals surface area contributed by atoms with Crippen LogP contribution in [-0.4, -0.2) is 155 Å². The van der Waals surface area contributed by atoms with E-state index in [1.54, 1.807) is 26.6 Å². The van der Waals surface area contributed by atoms with Crippen molar-refractivity contribution in [1.29, 1.82) is 0 Å². The zero-order valence-electron chi connectivity index (χ0n) is 30.4. The van der Waals surface area contributed by atoms with Crippen molar-refractivity contribution >= 4 is 88.8 Å². The highest BCUT2D eigenvalue weighted by molar-refractivity contribution is 7.98. The molecule has 6 rings (SSSR count). The molecule has 29 nitrogen and oxygen atoms in total. The third-order valence-electron chi connectivity index (χ3n) is 8.29. The summed E-state index contributed by atoms with van der Waals surface area (Å²) in [7, 11) is -20.8. The van der Waals surface area contributed by atoms with Crippen LogP contribution < -0.4 is 10.6 Å². The van der Waals surface area contributed by atoms with Gasteiger partial charge in [-0.05, 0) is 12.5 Å². The molecule has 2 aliphatic rings. The lowest BCUT2D eigenvalue weighted by molar-refractivity contribution is -0.0505. The number of nitrogens with zero attached hydrogens (tertiary/aromatic N) is 8. The van der Waals surface area contributed by atoms with E-state index in [2.05, 4.69) is 62.5 Å². The van der Waals surface area contributed by atoms with Crippen LogP contribution in [0.5, 0.6) is 0 Å². The van der Waals surface area contributed by atoms with Crippen LogP contribution in [0.2, 0.25) is 0 Å². The van der Waals surface area contributed by atoms with Crippen LogP contribution in [0.25, 0.3) is 22.3 Å². The van der Waals surface area contributed by atoms with E-state index in [1.165, 1.54) is 45.3 Å². The number of aliphatic hydroxyl groups excluding tert-OH is 4. The SMILES string of the molecule is CNc1nc(SC)nc2c1ncn2[C@@H]1O[C@H](COP(=O)(O)OP(=O)(O)OP(=O)(O)OP(=O)(O)OC[C@H]2O[C@@H](n3cnc4c(NC)nc(SC)nc43)[C@H](O)[C@@H]2O)[C@@H](O)[C@H]1O. The number of thioether (sulfide) groups is 2. The largest absolute Gasteiger partial charge is 0.490 e. The third kappa shape index (κ3) is 10.2. The normalized spacial score (nSPS) is 28.9. The van der Waals surface area contributed by atoms with Gasteiger partial charge >= 0.3 is 31.3 Å². The highest BCUT2D eigenvalue weighted by Crippen LogP contribution is 2.71. The summed E-state index contributed by atoms with van der Waals surface area (Å²) in [5.74, 6) is 0.677. The van der Waals surface area contributed by atoms with Gasteiger partial charge in [0.05, 0.1) is 25.9 Å². The second-order valence-electron chi connectivity index (χ2n) is 12.1. The predicted octanol–water partition coefficient (Wildman–Crippen LogP) is -0.0836. The van der Waals surface area contributed by atoms with Crippen LogP contribution in [0.4, 0.5) is 11.6 Å². The molecule has 0 saturated carbocycles. The van der Waals surface area contributed by atoms with Crippen molar-refractivity contribution in [1.82, 2.24) is 39.0 Å². The monoisotopic (exact) mass is 956 g/mol. The van der Waals surface area contributed by atoms with Crippen LogP contribution >= 0.6 is 54.8 Å². The Hall–Kier alpha value is -2.28. The molecule has 4 aromatic heterocycles. The molecule has 35 heteroatoms.